The molecular weight excluding hydrogens is 546 g/mol. The van der Waals surface area contributed by atoms with Crippen LogP contribution in [0.15, 0.2) is 36.4 Å². The summed E-state index contributed by atoms with van der Waals surface area (Å²) in [7, 11) is 0. The lowest BCUT2D eigenvalue weighted by Crippen LogP contribution is -2.53. The summed E-state index contributed by atoms with van der Waals surface area (Å²) in [6.45, 7) is 1.10. The first-order valence-electron chi connectivity index (χ1n) is 12.7. The molecule has 1 saturated heterocycles. The van der Waals surface area contributed by atoms with E-state index in [0.29, 0.717) is 5.56 Å². The van der Waals surface area contributed by atoms with Gasteiger partial charge >= 0.3 is 5.97 Å². The molecule has 15 nitrogen and oxygen atoms in total. The Kier molecular flexibility index (Phi) is 11.3. The fourth-order valence-corrected chi connectivity index (χ4v) is 3.90. The topological polar surface area (TPSA) is 224 Å². The lowest BCUT2D eigenvalue weighted by atomic mass is 10.0. The fraction of sp³-hybridized carbons (Fsp3) is 0.462. The number of benzene rings is 1. The summed E-state index contributed by atoms with van der Waals surface area (Å²) in [5.74, 6) is -3.03. The second-order valence-corrected chi connectivity index (χ2v) is 9.21. The van der Waals surface area contributed by atoms with Gasteiger partial charge in [0.1, 0.15) is 24.6 Å². The molecule has 1 fully saturated rings. The van der Waals surface area contributed by atoms with Gasteiger partial charge < -0.3 is 55.3 Å². The highest BCUT2D eigenvalue weighted by Crippen LogP contribution is 2.31. The third kappa shape index (κ3) is 9.34. The molecule has 0 aliphatic carbocycles. The largest absolute Gasteiger partial charge is 0.479 e. The van der Waals surface area contributed by atoms with Gasteiger partial charge in [-0.25, -0.2) is 4.79 Å². The molecule has 6 atom stereocenters. The fourth-order valence-electron chi connectivity index (χ4n) is 3.90. The SMILES string of the molecule is CC(O)OC/C=C/c1ccc(O[C@H]2C[C@@H](O)[C@H](O)[C@@H](C(=O)O)O2)c(NC(=O)CCNC(=O)CN2C(=O)C=CC2O)c1. The van der Waals surface area contributed by atoms with Crippen molar-refractivity contribution >= 4 is 35.5 Å². The van der Waals surface area contributed by atoms with Gasteiger partial charge in [-0.05, 0) is 30.7 Å². The van der Waals surface area contributed by atoms with Gasteiger partial charge in [-0.3, -0.25) is 14.4 Å². The first-order valence-corrected chi connectivity index (χ1v) is 12.7. The molecular formula is C26H33N3O12. The van der Waals surface area contributed by atoms with Crippen molar-refractivity contribution in [2.24, 2.45) is 0 Å². The van der Waals surface area contributed by atoms with Crippen LogP contribution in [0.5, 0.6) is 5.75 Å². The summed E-state index contributed by atoms with van der Waals surface area (Å²) >= 11 is 0. The molecule has 3 amide bonds. The number of rotatable bonds is 13. The minimum Gasteiger partial charge on any atom is -0.479 e. The Morgan fingerprint density at radius 3 is 2.63 bits per heavy atom. The minimum atomic E-state index is -1.73. The predicted molar refractivity (Wildman–Crippen MR) is 140 cm³/mol. The van der Waals surface area contributed by atoms with E-state index in [4.69, 9.17) is 14.2 Å². The van der Waals surface area contributed by atoms with Crippen molar-refractivity contribution in [1.29, 1.82) is 0 Å². The number of anilines is 1. The van der Waals surface area contributed by atoms with E-state index in [1.165, 1.54) is 19.1 Å². The number of hydrogen-bond acceptors (Lipinski definition) is 11. The molecule has 3 rings (SSSR count). The molecule has 224 valence electrons. The van der Waals surface area contributed by atoms with Crippen LogP contribution in [-0.4, -0.2) is 111 Å². The van der Waals surface area contributed by atoms with Crippen molar-refractivity contribution < 1.29 is 58.9 Å². The molecule has 7 N–H and O–H groups in total. The van der Waals surface area contributed by atoms with Crippen molar-refractivity contribution in [3.05, 3.63) is 42.0 Å². The van der Waals surface area contributed by atoms with Crippen LogP contribution in [0.1, 0.15) is 25.3 Å². The zero-order valence-corrected chi connectivity index (χ0v) is 22.1. The Morgan fingerprint density at radius 1 is 1.22 bits per heavy atom. The minimum absolute atomic E-state index is 0.0755. The number of carbonyl (C=O) groups is 4. The molecule has 2 aliphatic heterocycles. The molecule has 0 radical (unpaired) electrons. The van der Waals surface area contributed by atoms with Crippen molar-refractivity contribution in [1.82, 2.24) is 10.2 Å². The normalized spacial score (nSPS) is 24.9. The summed E-state index contributed by atoms with van der Waals surface area (Å²) in [6, 6.07) is 4.65. The van der Waals surface area contributed by atoms with Crippen molar-refractivity contribution in [3.63, 3.8) is 0 Å². The number of aliphatic hydroxyl groups excluding tert-OH is 4. The van der Waals surface area contributed by atoms with E-state index < -0.39 is 60.8 Å². The number of nitrogens with one attached hydrogen (secondary N) is 2. The summed E-state index contributed by atoms with van der Waals surface area (Å²) < 4.78 is 16.1. The Hall–Kier alpha value is -3.86. The van der Waals surface area contributed by atoms with E-state index in [2.05, 4.69) is 10.6 Å². The molecule has 0 saturated carbocycles. The van der Waals surface area contributed by atoms with E-state index in [1.54, 1.807) is 24.3 Å². The zero-order chi connectivity index (χ0) is 30.1. The first-order chi connectivity index (χ1) is 19.4. The average molecular weight is 580 g/mol. The number of carboxylic acids is 1. The number of nitrogens with zero attached hydrogens (tertiary/aromatic N) is 1. The number of aliphatic carboxylic acids is 1. The third-order valence-electron chi connectivity index (χ3n) is 5.96. The molecule has 41 heavy (non-hydrogen) atoms. The molecule has 1 aromatic carbocycles. The molecule has 1 aromatic rings. The Bertz CT molecular complexity index is 1170. The van der Waals surface area contributed by atoms with Crippen LogP contribution in [-0.2, 0) is 28.7 Å². The van der Waals surface area contributed by atoms with Crippen molar-refractivity contribution in [3.8, 4) is 5.75 Å². The second-order valence-electron chi connectivity index (χ2n) is 9.21. The van der Waals surface area contributed by atoms with Gasteiger partial charge in [0.05, 0.1) is 18.4 Å². The summed E-state index contributed by atoms with van der Waals surface area (Å²) in [5.41, 5.74) is 0.758. The average Bonchev–Trinajstić information content (AvgIpc) is 3.21. The maximum absolute atomic E-state index is 12.7. The quantitative estimate of drug-likeness (QED) is 0.133. The van der Waals surface area contributed by atoms with Crippen LogP contribution >= 0.6 is 0 Å². The second kappa shape index (κ2) is 14.7. The van der Waals surface area contributed by atoms with Crippen LogP contribution in [0.4, 0.5) is 5.69 Å². The highest BCUT2D eigenvalue weighted by Gasteiger charge is 2.42. The molecule has 15 heteroatoms. The van der Waals surface area contributed by atoms with E-state index >= 15 is 0 Å². The summed E-state index contributed by atoms with van der Waals surface area (Å²) in [5, 5.41) is 53.3. The van der Waals surface area contributed by atoms with Crippen LogP contribution in [0.2, 0.25) is 0 Å². The number of carboxylic acid groups (broad SMARTS) is 1. The van der Waals surface area contributed by atoms with E-state index in [-0.39, 0.29) is 44.0 Å². The number of amides is 3. The molecule has 0 bridgehead atoms. The maximum Gasteiger partial charge on any atom is 0.335 e. The molecule has 0 spiro atoms. The molecule has 2 aliphatic rings. The van der Waals surface area contributed by atoms with Gasteiger partial charge in [-0.1, -0.05) is 18.2 Å². The van der Waals surface area contributed by atoms with Gasteiger partial charge in [-0.2, -0.15) is 0 Å². The first kappa shape index (κ1) is 31.7. The monoisotopic (exact) mass is 579 g/mol. The third-order valence-corrected chi connectivity index (χ3v) is 5.96. The molecule has 2 unspecified atom stereocenters. The van der Waals surface area contributed by atoms with Crippen LogP contribution in [0.25, 0.3) is 6.08 Å². The molecule has 0 aromatic heterocycles. The van der Waals surface area contributed by atoms with Gasteiger partial charge in [0.15, 0.2) is 12.4 Å². The number of hydrogen-bond donors (Lipinski definition) is 7. The van der Waals surface area contributed by atoms with E-state index in [0.717, 1.165) is 11.0 Å². The maximum atomic E-state index is 12.7. The lowest BCUT2D eigenvalue weighted by molar-refractivity contribution is -0.228. The number of aliphatic hydroxyl groups is 4. The zero-order valence-electron chi connectivity index (χ0n) is 22.1. The van der Waals surface area contributed by atoms with E-state index in [9.17, 15) is 44.7 Å². The van der Waals surface area contributed by atoms with Gasteiger partial charge in [0.2, 0.25) is 24.0 Å². The number of carbonyl (C=O) groups excluding carboxylic acids is 3. The predicted octanol–water partition coefficient (Wildman–Crippen LogP) is -1.48. The summed E-state index contributed by atoms with van der Waals surface area (Å²) in [6.07, 6.45) is -2.96. The Morgan fingerprint density at radius 2 is 1.98 bits per heavy atom. The van der Waals surface area contributed by atoms with Gasteiger partial charge in [0, 0.05) is 25.5 Å². The van der Waals surface area contributed by atoms with Gasteiger partial charge in [0.25, 0.3) is 0 Å². The van der Waals surface area contributed by atoms with Crippen LogP contribution in [0.3, 0.4) is 0 Å². The van der Waals surface area contributed by atoms with Crippen LogP contribution in [0, 0.1) is 0 Å². The standard InChI is InChI=1S/C26H33N3O12/c1-14(30)39-10-2-3-15-4-5-18(40-23-12-17(31)24(36)25(41-23)26(37)38)16(11-15)28-19(32)8-9-27-20(33)13-29-21(34)6-7-22(29)35/h2-7,11,14,17,21,23-25,30-31,34,36H,8-10,12-13H2,1H3,(H,27,33)(H,28,32)(H,37,38)/b3-2+/t14?,17-,21?,23-,24+,25+/m1/s1. The van der Waals surface area contributed by atoms with Gasteiger partial charge in [-0.15, -0.1) is 0 Å². The summed E-state index contributed by atoms with van der Waals surface area (Å²) in [4.78, 5) is 48.8. The lowest BCUT2D eigenvalue weighted by Gasteiger charge is -2.35. The highest BCUT2D eigenvalue weighted by atomic mass is 16.7. The Labute approximate surface area is 234 Å². The van der Waals surface area contributed by atoms with Crippen molar-refractivity contribution in [2.75, 3.05) is 25.0 Å². The molecule has 2 heterocycles. The smallest absolute Gasteiger partial charge is 0.335 e. The van der Waals surface area contributed by atoms with Crippen LogP contribution < -0.4 is 15.4 Å². The highest BCUT2D eigenvalue weighted by molar-refractivity contribution is 5.94. The van der Waals surface area contributed by atoms with E-state index in [1.807, 2.05) is 0 Å². The van der Waals surface area contributed by atoms with Crippen molar-refractivity contribution in [2.45, 2.75) is 56.9 Å². The number of ether oxygens (including phenoxy) is 3. The Balaban J connectivity index is 1.65.